The maximum absolute atomic E-state index is 13.4. The highest BCUT2D eigenvalue weighted by Crippen LogP contribution is 2.26. The molecule has 19 heavy (non-hydrogen) atoms. The summed E-state index contributed by atoms with van der Waals surface area (Å²) in [5.74, 6) is -0.108. The number of hydrogen-bond donors (Lipinski definition) is 1. The number of nitrogens with zero attached hydrogens (tertiary/aromatic N) is 1. The van der Waals surface area contributed by atoms with E-state index in [1.54, 1.807) is 6.07 Å². The molecule has 2 aliphatic rings. The molecule has 0 aliphatic carbocycles. The first kappa shape index (κ1) is 12.9. The summed E-state index contributed by atoms with van der Waals surface area (Å²) in [7, 11) is 0. The zero-order chi connectivity index (χ0) is 13.4. The molecule has 1 N–H and O–H groups in total. The van der Waals surface area contributed by atoms with Gasteiger partial charge in [0.1, 0.15) is 5.82 Å². The van der Waals surface area contributed by atoms with Gasteiger partial charge in [0, 0.05) is 24.7 Å². The summed E-state index contributed by atoms with van der Waals surface area (Å²) in [6.07, 6.45) is 2.33. The molecule has 2 aliphatic heterocycles. The molecule has 1 amide bonds. The normalized spacial score (nSPS) is 26.3. The van der Waals surface area contributed by atoms with Gasteiger partial charge in [-0.05, 0) is 43.5 Å². The number of hydrogen-bond acceptors (Lipinski definition) is 2. The Balaban J connectivity index is 1.75. The van der Waals surface area contributed by atoms with Gasteiger partial charge >= 0.3 is 0 Å². The number of nitrogens with one attached hydrogen (secondary N) is 1. The zero-order valence-corrected chi connectivity index (χ0v) is 11.3. The van der Waals surface area contributed by atoms with E-state index in [2.05, 4.69) is 5.32 Å². The van der Waals surface area contributed by atoms with Gasteiger partial charge in [0.15, 0.2) is 0 Å². The van der Waals surface area contributed by atoms with Gasteiger partial charge in [0.2, 0.25) is 0 Å². The molecule has 0 saturated carbocycles. The lowest BCUT2D eigenvalue weighted by atomic mass is 9.94. The van der Waals surface area contributed by atoms with Crippen molar-refractivity contribution in [3.63, 3.8) is 0 Å². The summed E-state index contributed by atoms with van der Waals surface area (Å²) in [4.78, 5) is 14.2. The number of piperidine rings is 1. The molecule has 2 fully saturated rings. The number of carbonyl (C=O) groups excluding carboxylic acids is 1. The van der Waals surface area contributed by atoms with Crippen molar-refractivity contribution >= 4 is 17.5 Å². The Kier molecular flexibility index (Phi) is 3.46. The molecule has 0 radical (unpaired) electrons. The van der Waals surface area contributed by atoms with Crippen molar-refractivity contribution in [2.75, 3.05) is 19.6 Å². The number of rotatable bonds is 1. The number of carbonyl (C=O) groups is 1. The van der Waals surface area contributed by atoms with Gasteiger partial charge in [-0.15, -0.1) is 0 Å². The van der Waals surface area contributed by atoms with Crippen molar-refractivity contribution in [3.8, 4) is 0 Å². The van der Waals surface area contributed by atoms with Crippen LogP contribution in [0.25, 0.3) is 0 Å². The van der Waals surface area contributed by atoms with Crippen LogP contribution < -0.4 is 5.32 Å². The predicted octanol–water partition coefficient (Wildman–Crippen LogP) is 2.30. The summed E-state index contributed by atoms with van der Waals surface area (Å²) in [6, 6.07) is 4.64. The highest BCUT2D eigenvalue weighted by Gasteiger charge is 2.36. The summed E-state index contributed by atoms with van der Waals surface area (Å²) in [5.41, 5.74) is 0.376. The standard InChI is InChI=1S/C14H16ClFN2O/c15-11-4-3-9(6-12(11)16)14(19)18-7-10-2-1-5-17-13(10)8-18/h3-4,6,10,13,17H,1-2,5,7-8H2. The number of likely N-dealkylation sites (tertiary alicyclic amines) is 1. The van der Waals surface area contributed by atoms with Crippen LogP contribution in [0, 0.1) is 11.7 Å². The van der Waals surface area contributed by atoms with Crippen molar-refractivity contribution in [2.24, 2.45) is 5.92 Å². The van der Waals surface area contributed by atoms with E-state index < -0.39 is 5.82 Å². The monoisotopic (exact) mass is 282 g/mol. The van der Waals surface area contributed by atoms with E-state index in [9.17, 15) is 9.18 Å². The Labute approximate surface area is 116 Å². The first-order chi connectivity index (χ1) is 9.15. The summed E-state index contributed by atoms with van der Waals surface area (Å²) in [6.45, 7) is 2.51. The number of amides is 1. The second-order valence-electron chi connectivity index (χ2n) is 5.30. The van der Waals surface area contributed by atoms with Crippen LogP contribution in [-0.2, 0) is 0 Å². The lowest BCUT2D eigenvalue weighted by Gasteiger charge is -2.24. The maximum atomic E-state index is 13.4. The summed E-state index contributed by atoms with van der Waals surface area (Å²) >= 11 is 5.63. The molecule has 102 valence electrons. The molecular weight excluding hydrogens is 267 g/mol. The van der Waals surface area contributed by atoms with E-state index in [1.165, 1.54) is 18.6 Å². The van der Waals surface area contributed by atoms with Crippen LogP contribution in [0.5, 0.6) is 0 Å². The van der Waals surface area contributed by atoms with Crippen LogP contribution in [-0.4, -0.2) is 36.5 Å². The number of benzene rings is 1. The third-order valence-electron chi connectivity index (χ3n) is 4.05. The van der Waals surface area contributed by atoms with Gasteiger partial charge < -0.3 is 10.2 Å². The average molecular weight is 283 g/mol. The molecule has 2 saturated heterocycles. The van der Waals surface area contributed by atoms with E-state index in [1.807, 2.05) is 4.90 Å². The van der Waals surface area contributed by atoms with Gasteiger partial charge in [-0.25, -0.2) is 4.39 Å². The Morgan fingerprint density at radius 3 is 3.00 bits per heavy atom. The van der Waals surface area contributed by atoms with Crippen LogP contribution in [0.3, 0.4) is 0 Å². The maximum Gasteiger partial charge on any atom is 0.254 e. The Morgan fingerprint density at radius 2 is 2.26 bits per heavy atom. The van der Waals surface area contributed by atoms with Crippen molar-refractivity contribution in [3.05, 3.63) is 34.6 Å². The van der Waals surface area contributed by atoms with Crippen LogP contribution >= 0.6 is 11.6 Å². The molecule has 2 heterocycles. The summed E-state index contributed by atoms with van der Waals surface area (Å²) < 4.78 is 13.4. The molecule has 1 aromatic rings. The lowest BCUT2D eigenvalue weighted by Crippen LogP contribution is -2.41. The van der Waals surface area contributed by atoms with Crippen molar-refractivity contribution in [2.45, 2.75) is 18.9 Å². The minimum Gasteiger partial charge on any atom is -0.337 e. The summed E-state index contributed by atoms with van der Waals surface area (Å²) in [5, 5.41) is 3.50. The van der Waals surface area contributed by atoms with E-state index in [4.69, 9.17) is 11.6 Å². The Hall–Kier alpha value is -1.13. The van der Waals surface area contributed by atoms with Crippen LogP contribution in [0.15, 0.2) is 18.2 Å². The fraction of sp³-hybridized carbons (Fsp3) is 0.500. The van der Waals surface area contributed by atoms with Crippen LogP contribution in [0.4, 0.5) is 4.39 Å². The predicted molar refractivity (Wildman–Crippen MR) is 71.8 cm³/mol. The SMILES string of the molecule is O=C(c1ccc(Cl)c(F)c1)N1CC2CCCNC2C1. The topological polar surface area (TPSA) is 32.3 Å². The average Bonchev–Trinajstić information content (AvgIpc) is 2.85. The second-order valence-corrected chi connectivity index (χ2v) is 5.71. The molecule has 0 aromatic heterocycles. The lowest BCUT2D eigenvalue weighted by molar-refractivity contribution is 0.0785. The van der Waals surface area contributed by atoms with Gasteiger partial charge in [-0.3, -0.25) is 4.79 Å². The van der Waals surface area contributed by atoms with Gasteiger partial charge in [-0.2, -0.15) is 0 Å². The minimum atomic E-state index is -0.540. The molecule has 1 aromatic carbocycles. The van der Waals surface area contributed by atoms with Crippen molar-refractivity contribution < 1.29 is 9.18 Å². The second kappa shape index (κ2) is 5.10. The van der Waals surface area contributed by atoms with E-state index >= 15 is 0 Å². The highest BCUT2D eigenvalue weighted by molar-refractivity contribution is 6.30. The van der Waals surface area contributed by atoms with Crippen LogP contribution in [0.2, 0.25) is 5.02 Å². The highest BCUT2D eigenvalue weighted by atomic mass is 35.5. The largest absolute Gasteiger partial charge is 0.337 e. The molecular formula is C14H16ClFN2O. The van der Waals surface area contributed by atoms with Crippen LogP contribution in [0.1, 0.15) is 23.2 Å². The van der Waals surface area contributed by atoms with Gasteiger partial charge in [0.05, 0.1) is 5.02 Å². The quantitative estimate of drug-likeness (QED) is 0.857. The first-order valence-corrected chi connectivity index (χ1v) is 7.00. The Bertz CT molecular complexity index is 494. The van der Waals surface area contributed by atoms with Gasteiger partial charge in [-0.1, -0.05) is 11.6 Å². The fourth-order valence-electron chi connectivity index (χ4n) is 3.02. The fourth-order valence-corrected chi connectivity index (χ4v) is 3.14. The molecule has 3 nitrogen and oxygen atoms in total. The molecule has 0 spiro atoms. The third kappa shape index (κ3) is 2.47. The Morgan fingerprint density at radius 1 is 1.42 bits per heavy atom. The smallest absolute Gasteiger partial charge is 0.254 e. The zero-order valence-electron chi connectivity index (χ0n) is 10.5. The molecule has 3 rings (SSSR count). The van der Waals surface area contributed by atoms with E-state index in [-0.39, 0.29) is 10.9 Å². The van der Waals surface area contributed by atoms with E-state index in [0.29, 0.717) is 24.1 Å². The van der Waals surface area contributed by atoms with Gasteiger partial charge in [0.25, 0.3) is 5.91 Å². The molecule has 0 bridgehead atoms. The third-order valence-corrected chi connectivity index (χ3v) is 4.36. The molecule has 2 atom stereocenters. The molecule has 2 unspecified atom stereocenters. The van der Waals surface area contributed by atoms with Crippen molar-refractivity contribution in [1.29, 1.82) is 0 Å². The molecule has 5 heteroatoms. The van der Waals surface area contributed by atoms with Crippen molar-refractivity contribution in [1.82, 2.24) is 10.2 Å². The van der Waals surface area contributed by atoms with E-state index in [0.717, 1.165) is 19.5 Å². The minimum absolute atomic E-state index is 0.0494. The number of fused-ring (bicyclic) bond motifs is 1. The number of halogens is 2. The first-order valence-electron chi connectivity index (χ1n) is 6.63.